The van der Waals surface area contributed by atoms with Crippen molar-refractivity contribution in [1.82, 2.24) is 9.21 Å². The Bertz CT molecular complexity index is 1160. The van der Waals surface area contributed by atoms with Crippen molar-refractivity contribution in [3.63, 3.8) is 0 Å². The highest BCUT2D eigenvalue weighted by atomic mass is 32.2. The molecule has 0 saturated carbocycles. The first-order chi connectivity index (χ1) is 13.9. The van der Waals surface area contributed by atoms with Crippen LogP contribution in [-0.2, 0) is 21.2 Å². The van der Waals surface area contributed by atoms with E-state index in [0.717, 1.165) is 10.8 Å². The molecule has 1 amide bonds. The molecule has 1 saturated heterocycles. The van der Waals surface area contributed by atoms with Gasteiger partial charge in [0, 0.05) is 26.2 Å². The van der Waals surface area contributed by atoms with Gasteiger partial charge in [-0.15, -0.1) is 0 Å². The van der Waals surface area contributed by atoms with Crippen molar-refractivity contribution in [1.29, 1.82) is 0 Å². The fraction of sp³-hybridized carbons (Fsp3) is 0.227. The molecule has 0 N–H and O–H groups in total. The molecule has 29 heavy (non-hydrogen) atoms. The second-order valence-electron chi connectivity index (χ2n) is 7.06. The molecule has 1 aliphatic rings. The second kappa shape index (κ2) is 7.93. The average molecular weight is 412 g/mol. The second-order valence-corrected chi connectivity index (χ2v) is 9.00. The van der Waals surface area contributed by atoms with Crippen LogP contribution in [-0.4, -0.2) is 49.7 Å². The molecule has 4 rings (SSSR count). The fourth-order valence-corrected chi connectivity index (χ4v) is 5.03. The molecule has 0 bridgehead atoms. The smallest absolute Gasteiger partial charge is 0.243 e. The molecule has 0 atom stereocenters. The van der Waals surface area contributed by atoms with E-state index in [0.29, 0.717) is 18.7 Å². The number of benzene rings is 3. The largest absolute Gasteiger partial charge is 0.340 e. The zero-order chi connectivity index (χ0) is 20.4. The van der Waals surface area contributed by atoms with Crippen LogP contribution in [0, 0.1) is 5.82 Å². The lowest BCUT2D eigenvalue weighted by Crippen LogP contribution is -2.50. The standard InChI is InChI=1S/C22H21FN2O3S/c23-21-8-4-3-7-19(21)16-22(26)24-11-13-25(14-12-24)29(27,28)20-10-9-17-5-1-2-6-18(17)15-20/h1-10,15H,11-14,16H2. The number of carbonyl (C=O) groups is 1. The van der Waals surface area contributed by atoms with Gasteiger partial charge in [0.15, 0.2) is 0 Å². The predicted octanol–water partition coefficient (Wildman–Crippen LogP) is 3.05. The molecule has 7 heteroatoms. The highest BCUT2D eigenvalue weighted by Crippen LogP contribution is 2.23. The van der Waals surface area contributed by atoms with Gasteiger partial charge < -0.3 is 4.90 Å². The summed E-state index contributed by atoms with van der Waals surface area (Å²) in [7, 11) is -3.63. The zero-order valence-electron chi connectivity index (χ0n) is 15.8. The lowest BCUT2D eigenvalue weighted by molar-refractivity contribution is -0.131. The lowest BCUT2D eigenvalue weighted by Gasteiger charge is -2.34. The maximum Gasteiger partial charge on any atom is 0.243 e. The van der Waals surface area contributed by atoms with Gasteiger partial charge in [0.05, 0.1) is 11.3 Å². The molecule has 3 aromatic rings. The molecule has 1 heterocycles. The van der Waals surface area contributed by atoms with E-state index in [1.165, 1.54) is 10.4 Å². The zero-order valence-corrected chi connectivity index (χ0v) is 16.6. The quantitative estimate of drug-likeness (QED) is 0.662. The summed E-state index contributed by atoms with van der Waals surface area (Å²) in [5.41, 5.74) is 0.351. The third kappa shape index (κ3) is 4.02. The van der Waals surface area contributed by atoms with Crippen LogP contribution in [0.2, 0.25) is 0 Å². The molecule has 1 aliphatic heterocycles. The highest BCUT2D eigenvalue weighted by Gasteiger charge is 2.30. The van der Waals surface area contributed by atoms with E-state index in [2.05, 4.69) is 0 Å². The summed E-state index contributed by atoms with van der Waals surface area (Å²) < 4.78 is 41.2. The van der Waals surface area contributed by atoms with Gasteiger partial charge in [-0.3, -0.25) is 4.79 Å². The molecule has 0 radical (unpaired) electrons. The summed E-state index contributed by atoms with van der Waals surface area (Å²) in [6.07, 6.45) is -0.0237. The molecular formula is C22H21FN2O3S. The molecule has 0 unspecified atom stereocenters. The number of sulfonamides is 1. The van der Waals surface area contributed by atoms with E-state index in [4.69, 9.17) is 0 Å². The van der Waals surface area contributed by atoms with Crippen LogP contribution < -0.4 is 0 Å². The van der Waals surface area contributed by atoms with Gasteiger partial charge in [0.25, 0.3) is 0 Å². The van der Waals surface area contributed by atoms with Gasteiger partial charge >= 0.3 is 0 Å². The Kier molecular flexibility index (Phi) is 5.34. The number of rotatable bonds is 4. The van der Waals surface area contributed by atoms with Gasteiger partial charge in [-0.2, -0.15) is 4.31 Å². The van der Waals surface area contributed by atoms with Gasteiger partial charge in [-0.1, -0.05) is 48.5 Å². The highest BCUT2D eigenvalue weighted by molar-refractivity contribution is 7.89. The number of hydrogen-bond donors (Lipinski definition) is 0. The molecule has 3 aromatic carbocycles. The Morgan fingerprint density at radius 3 is 2.24 bits per heavy atom. The van der Waals surface area contributed by atoms with Crippen LogP contribution >= 0.6 is 0 Å². The first-order valence-electron chi connectivity index (χ1n) is 9.45. The molecule has 0 aromatic heterocycles. The third-order valence-corrected chi connectivity index (χ3v) is 7.14. The maximum atomic E-state index is 13.8. The van der Waals surface area contributed by atoms with Crippen LogP contribution in [0.25, 0.3) is 10.8 Å². The lowest BCUT2D eigenvalue weighted by atomic mass is 10.1. The Labute approximate surface area is 169 Å². The number of nitrogens with zero attached hydrogens (tertiary/aromatic N) is 2. The van der Waals surface area contributed by atoms with E-state index < -0.39 is 15.8 Å². The molecular weight excluding hydrogens is 391 g/mol. The molecule has 5 nitrogen and oxygen atoms in total. The van der Waals surface area contributed by atoms with E-state index in [1.807, 2.05) is 24.3 Å². The van der Waals surface area contributed by atoms with Gasteiger partial charge in [0.1, 0.15) is 5.82 Å². The van der Waals surface area contributed by atoms with Gasteiger partial charge in [0.2, 0.25) is 15.9 Å². The van der Waals surface area contributed by atoms with Crippen LogP contribution in [0.1, 0.15) is 5.56 Å². The van der Waals surface area contributed by atoms with Crippen molar-refractivity contribution >= 4 is 26.7 Å². The van der Waals surface area contributed by atoms with Crippen LogP contribution in [0.15, 0.2) is 71.6 Å². The van der Waals surface area contributed by atoms with Crippen molar-refractivity contribution < 1.29 is 17.6 Å². The van der Waals surface area contributed by atoms with E-state index in [-0.39, 0.29) is 30.3 Å². The van der Waals surface area contributed by atoms with E-state index >= 15 is 0 Å². The Morgan fingerprint density at radius 1 is 0.862 bits per heavy atom. The van der Waals surface area contributed by atoms with Crippen molar-refractivity contribution in [2.24, 2.45) is 0 Å². The van der Waals surface area contributed by atoms with Crippen molar-refractivity contribution in [2.45, 2.75) is 11.3 Å². The SMILES string of the molecule is O=C(Cc1ccccc1F)N1CCN(S(=O)(=O)c2ccc3ccccc3c2)CC1. The molecule has 1 fully saturated rings. The number of halogens is 1. The minimum absolute atomic E-state index is 0.0237. The summed E-state index contributed by atoms with van der Waals surface area (Å²) in [5.74, 6) is -0.601. The van der Waals surface area contributed by atoms with Crippen molar-refractivity contribution in [3.05, 3.63) is 78.1 Å². The third-order valence-electron chi connectivity index (χ3n) is 5.25. The van der Waals surface area contributed by atoms with Gasteiger partial charge in [-0.25, -0.2) is 12.8 Å². The van der Waals surface area contributed by atoms with Crippen LogP contribution in [0.4, 0.5) is 4.39 Å². The minimum Gasteiger partial charge on any atom is -0.340 e. The van der Waals surface area contributed by atoms with Gasteiger partial charge in [-0.05, 0) is 34.5 Å². The predicted molar refractivity (Wildman–Crippen MR) is 109 cm³/mol. The van der Waals surface area contributed by atoms with Crippen LogP contribution in [0.3, 0.4) is 0 Å². The number of carbonyl (C=O) groups excluding carboxylic acids is 1. The molecule has 150 valence electrons. The van der Waals surface area contributed by atoms with E-state index in [1.54, 1.807) is 41.3 Å². The Balaban J connectivity index is 1.44. The fourth-order valence-electron chi connectivity index (χ4n) is 3.57. The topological polar surface area (TPSA) is 57.7 Å². The first kappa shape index (κ1) is 19.5. The van der Waals surface area contributed by atoms with Crippen LogP contribution in [0.5, 0.6) is 0 Å². The van der Waals surface area contributed by atoms with E-state index in [9.17, 15) is 17.6 Å². The summed E-state index contributed by atoms with van der Waals surface area (Å²) >= 11 is 0. The molecule has 0 spiro atoms. The number of amides is 1. The average Bonchev–Trinajstić information content (AvgIpc) is 2.75. The Hall–Kier alpha value is -2.77. The first-order valence-corrected chi connectivity index (χ1v) is 10.9. The monoisotopic (exact) mass is 412 g/mol. The van der Waals surface area contributed by atoms with Crippen molar-refractivity contribution in [3.8, 4) is 0 Å². The number of fused-ring (bicyclic) bond motifs is 1. The molecule has 0 aliphatic carbocycles. The normalized spacial score (nSPS) is 15.6. The Morgan fingerprint density at radius 2 is 1.52 bits per heavy atom. The summed E-state index contributed by atoms with van der Waals surface area (Å²) in [6, 6.07) is 18.9. The number of piperazine rings is 1. The summed E-state index contributed by atoms with van der Waals surface area (Å²) in [6.45, 7) is 1.02. The number of hydrogen-bond acceptors (Lipinski definition) is 3. The maximum absolute atomic E-state index is 13.8. The summed E-state index contributed by atoms with van der Waals surface area (Å²) in [4.78, 5) is 14.3. The minimum atomic E-state index is -3.63. The van der Waals surface area contributed by atoms with Crippen molar-refractivity contribution in [2.75, 3.05) is 26.2 Å². The summed E-state index contributed by atoms with van der Waals surface area (Å²) in [5, 5.41) is 1.85.